The topological polar surface area (TPSA) is 73.1 Å². The monoisotopic (exact) mass is 288 g/mol. The van der Waals surface area contributed by atoms with E-state index in [1.807, 2.05) is 6.92 Å². The second kappa shape index (κ2) is 5.75. The summed E-state index contributed by atoms with van der Waals surface area (Å²) >= 11 is 1.35. The zero-order valence-electron chi connectivity index (χ0n) is 11.0. The summed E-state index contributed by atoms with van der Waals surface area (Å²) < 4.78 is 0. The molecular formula is C14H12N2O3S. The van der Waals surface area contributed by atoms with Crippen molar-refractivity contribution in [2.45, 2.75) is 13.8 Å². The van der Waals surface area contributed by atoms with Crippen LogP contribution in [0, 0.1) is 24.0 Å². The summed E-state index contributed by atoms with van der Waals surface area (Å²) in [6.45, 7) is 3.64. The van der Waals surface area contributed by atoms with Crippen LogP contribution < -0.4 is 0 Å². The van der Waals surface area contributed by atoms with Crippen LogP contribution in [0.3, 0.4) is 0 Å². The molecule has 6 heteroatoms. The average Bonchev–Trinajstić information content (AvgIpc) is 2.75. The Bertz CT molecular complexity index is 704. The maximum Gasteiger partial charge on any atom is 0.270 e. The van der Waals surface area contributed by atoms with E-state index in [1.165, 1.54) is 29.5 Å². The van der Waals surface area contributed by atoms with Gasteiger partial charge in [0.25, 0.3) is 5.69 Å². The molecule has 1 aromatic carbocycles. The summed E-state index contributed by atoms with van der Waals surface area (Å²) in [6.07, 6.45) is 2.99. The van der Waals surface area contributed by atoms with Crippen molar-refractivity contribution in [2.24, 2.45) is 0 Å². The van der Waals surface area contributed by atoms with Crippen molar-refractivity contribution in [3.05, 3.63) is 61.6 Å². The number of non-ortho nitro benzene ring substituents is 1. The van der Waals surface area contributed by atoms with E-state index in [-0.39, 0.29) is 11.5 Å². The van der Waals surface area contributed by atoms with Crippen LogP contribution in [0.5, 0.6) is 0 Å². The Morgan fingerprint density at radius 2 is 2.15 bits per heavy atom. The molecule has 0 fully saturated rings. The highest BCUT2D eigenvalue weighted by Crippen LogP contribution is 2.19. The molecule has 0 aliphatic carbocycles. The SMILES string of the molecule is Cc1nc(C)c(C(=O)/C=C/c2cccc([N+](=O)[O-])c2)s1. The molecule has 0 atom stereocenters. The molecule has 0 saturated carbocycles. The number of aromatic nitrogens is 1. The van der Waals surface area contributed by atoms with Gasteiger partial charge in [-0.25, -0.2) is 4.98 Å². The lowest BCUT2D eigenvalue weighted by atomic mass is 10.1. The summed E-state index contributed by atoms with van der Waals surface area (Å²) in [5.74, 6) is -0.139. The number of carbonyl (C=O) groups excluding carboxylic acids is 1. The number of allylic oxidation sites excluding steroid dienone is 1. The van der Waals surface area contributed by atoms with E-state index < -0.39 is 4.92 Å². The summed E-state index contributed by atoms with van der Waals surface area (Å²) in [4.78, 5) is 27.0. The first-order valence-electron chi connectivity index (χ1n) is 5.88. The molecule has 0 N–H and O–H groups in total. The second-order valence-electron chi connectivity index (χ2n) is 4.20. The van der Waals surface area contributed by atoms with Gasteiger partial charge in [0.05, 0.1) is 20.5 Å². The van der Waals surface area contributed by atoms with Crippen LogP contribution in [0.15, 0.2) is 30.3 Å². The number of nitro groups is 1. The number of ketones is 1. The highest BCUT2D eigenvalue weighted by molar-refractivity contribution is 7.13. The Morgan fingerprint density at radius 3 is 2.75 bits per heavy atom. The minimum atomic E-state index is -0.462. The molecule has 0 unspecified atom stereocenters. The van der Waals surface area contributed by atoms with Crippen molar-refractivity contribution in [1.82, 2.24) is 4.98 Å². The van der Waals surface area contributed by atoms with Crippen LogP contribution in [-0.2, 0) is 0 Å². The average molecular weight is 288 g/mol. The molecule has 0 radical (unpaired) electrons. The van der Waals surface area contributed by atoms with E-state index >= 15 is 0 Å². The largest absolute Gasteiger partial charge is 0.288 e. The summed E-state index contributed by atoms with van der Waals surface area (Å²) in [7, 11) is 0. The molecule has 0 amide bonds. The first-order chi connectivity index (χ1) is 9.47. The molecule has 0 spiro atoms. The zero-order chi connectivity index (χ0) is 14.7. The molecular weight excluding hydrogens is 276 g/mol. The van der Waals surface area contributed by atoms with Crippen molar-refractivity contribution >= 4 is 28.9 Å². The zero-order valence-corrected chi connectivity index (χ0v) is 11.8. The number of nitro benzene ring substituents is 1. The Hall–Kier alpha value is -2.34. The molecule has 20 heavy (non-hydrogen) atoms. The Balaban J connectivity index is 2.21. The lowest BCUT2D eigenvalue weighted by molar-refractivity contribution is -0.384. The number of rotatable bonds is 4. The smallest absolute Gasteiger partial charge is 0.270 e. The molecule has 102 valence electrons. The number of carbonyl (C=O) groups is 1. The molecule has 2 aromatic rings. The lowest BCUT2D eigenvalue weighted by Gasteiger charge is -1.94. The number of hydrogen-bond acceptors (Lipinski definition) is 5. The van der Waals surface area contributed by atoms with Crippen molar-refractivity contribution in [3.8, 4) is 0 Å². The number of aryl methyl sites for hydroxylation is 2. The van der Waals surface area contributed by atoms with Gasteiger partial charge in [-0.1, -0.05) is 18.2 Å². The second-order valence-corrected chi connectivity index (χ2v) is 5.40. The minimum absolute atomic E-state index is 0.00409. The first kappa shape index (κ1) is 14.1. The van der Waals surface area contributed by atoms with Crippen LogP contribution >= 0.6 is 11.3 Å². The van der Waals surface area contributed by atoms with Gasteiger partial charge >= 0.3 is 0 Å². The van der Waals surface area contributed by atoms with Crippen molar-refractivity contribution in [3.63, 3.8) is 0 Å². The van der Waals surface area contributed by atoms with Gasteiger partial charge in [0.2, 0.25) is 0 Å². The van der Waals surface area contributed by atoms with Gasteiger partial charge in [0, 0.05) is 12.1 Å². The Morgan fingerprint density at radius 1 is 1.40 bits per heavy atom. The predicted molar refractivity (Wildman–Crippen MR) is 78.0 cm³/mol. The molecule has 0 saturated heterocycles. The first-order valence-corrected chi connectivity index (χ1v) is 6.70. The summed E-state index contributed by atoms with van der Waals surface area (Å²) in [5, 5.41) is 11.5. The van der Waals surface area contributed by atoms with Gasteiger partial charge in [-0.15, -0.1) is 11.3 Å². The van der Waals surface area contributed by atoms with Gasteiger partial charge < -0.3 is 0 Å². The molecule has 2 rings (SSSR count). The van der Waals surface area contributed by atoms with Crippen LogP contribution in [0.2, 0.25) is 0 Å². The number of thiazole rings is 1. The van der Waals surface area contributed by atoms with Gasteiger partial charge in [0.1, 0.15) is 0 Å². The van der Waals surface area contributed by atoms with Gasteiger partial charge in [-0.05, 0) is 25.5 Å². The maximum absolute atomic E-state index is 12.0. The number of nitrogens with zero attached hydrogens (tertiary/aromatic N) is 2. The van der Waals surface area contributed by atoms with Gasteiger partial charge in [-0.3, -0.25) is 14.9 Å². The fourth-order valence-electron chi connectivity index (χ4n) is 1.75. The van der Waals surface area contributed by atoms with Crippen molar-refractivity contribution < 1.29 is 9.72 Å². The van der Waals surface area contributed by atoms with Crippen molar-refractivity contribution in [2.75, 3.05) is 0 Å². The van der Waals surface area contributed by atoms with Gasteiger partial charge in [-0.2, -0.15) is 0 Å². The van der Waals surface area contributed by atoms with Crippen molar-refractivity contribution in [1.29, 1.82) is 0 Å². The fourth-order valence-corrected chi connectivity index (χ4v) is 2.59. The third-order valence-corrected chi connectivity index (χ3v) is 3.72. The lowest BCUT2D eigenvalue weighted by Crippen LogP contribution is -1.93. The van der Waals surface area contributed by atoms with Crippen LogP contribution in [0.4, 0.5) is 5.69 Å². The molecule has 0 bridgehead atoms. The Labute approximate surface area is 119 Å². The highest BCUT2D eigenvalue weighted by atomic mass is 32.1. The molecule has 0 aliphatic heterocycles. The van der Waals surface area contributed by atoms with E-state index in [0.717, 1.165) is 5.01 Å². The van der Waals surface area contributed by atoms with E-state index in [2.05, 4.69) is 4.98 Å². The van der Waals surface area contributed by atoms with Gasteiger partial charge in [0.15, 0.2) is 5.78 Å². The molecule has 1 aromatic heterocycles. The quantitative estimate of drug-likeness (QED) is 0.373. The van der Waals surface area contributed by atoms with E-state index in [0.29, 0.717) is 16.1 Å². The van der Waals surface area contributed by atoms with Crippen LogP contribution in [0.25, 0.3) is 6.08 Å². The molecule has 1 heterocycles. The van der Waals surface area contributed by atoms with E-state index in [4.69, 9.17) is 0 Å². The highest BCUT2D eigenvalue weighted by Gasteiger charge is 2.11. The third-order valence-electron chi connectivity index (χ3n) is 2.64. The van der Waals surface area contributed by atoms with Crippen LogP contribution in [-0.4, -0.2) is 15.7 Å². The summed E-state index contributed by atoms with van der Waals surface area (Å²) in [5.41, 5.74) is 1.33. The normalized spacial score (nSPS) is 10.9. The van der Waals surface area contributed by atoms with Crippen LogP contribution in [0.1, 0.15) is 25.9 Å². The summed E-state index contributed by atoms with van der Waals surface area (Å²) in [6, 6.07) is 6.14. The number of hydrogen-bond donors (Lipinski definition) is 0. The minimum Gasteiger partial charge on any atom is -0.288 e. The maximum atomic E-state index is 12.0. The molecule has 0 aliphatic rings. The predicted octanol–water partition coefficient (Wildman–Crippen LogP) is 3.56. The van der Waals surface area contributed by atoms with E-state index in [1.54, 1.807) is 25.1 Å². The fraction of sp³-hybridized carbons (Fsp3) is 0.143. The standard InChI is InChI=1S/C14H12N2O3S/c1-9-14(20-10(2)15-9)13(17)7-6-11-4-3-5-12(8-11)16(18)19/h3-8H,1-2H3/b7-6+. The number of benzene rings is 1. The molecule has 5 nitrogen and oxygen atoms in total. The Kier molecular flexibility index (Phi) is 4.05. The third kappa shape index (κ3) is 3.16. The van der Waals surface area contributed by atoms with E-state index in [9.17, 15) is 14.9 Å².